The summed E-state index contributed by atoms with van der Waals surface area (Å²) in [7, 11) is 0. The van der Waals surface area contributed by atoms with Gasteiger partial charge in [-0.15, -0.1) is 0 Å². The number of rotatable bonds is 4. The highest BCUT2D eigenvalue weighted by atomic mass is 16.7. The fourth-order valence-electron chi connectivity index (χ4n) is 3.62. The minimum Gasteiger partial charge on any atom is -0.394 e. The molecule has 0 aromatic rings. The quantitative estimate of drug-likeness (QED) is 0.593. The molecule has 130 valence electrons. The molecule has 0 spiro atoms. The van der Waals surface area contributed by atoms with Gasteiger partial charge in [-0.1, -0.05) is 27.2 Å². The molecule has 6 heteroatoms. The van der Waals surface area contributed by atoms with Gasteiger partial charge in [-0.2, -0.15) is 0 Å². The van der Waals surface area contributed by atoms with Crippen molar-refractivity contribution in [3.63, 3.8) is 0 Å². The molecular weight excluding hydrogens is 288 g/mol. The van der Waals surface area contributed by atoms with Crippen LogP contribution in [-0.2, 0) is 9.47 Å². The van der Waals surface area contributed by atoms with Crippen LogP contribution in [0.15, 0.2) is 0 Å². The average molecular weight is 318 g/mol. The predicted octanol–water partition coefficient (Wildman–Crippen LogP) is 0.264. The fraction of sp³-hybridized carbons (Fsp3) is 1.00. The standard InChI is InChI=1S/C16H30O6/c1-8(2)10-5-4-9(3)6-11(10)21-16-15(20)14(19)13(18)12(7-17)22-16/h8-20H,4-7H2,1-3H3/t9-,10+,11-,12-,13-,14+,15-,16+/m1/s1. The lowest BCUT2D eigenvalue weighted by atomic mass is 9.75. The highest BCUT2D eigenvalue weighted by Gasteiger charge is 2.46. The summed E-state index contributed by atoms with van der Waals surface area (Å²) in [5, 5.41) is 39.0. The SMILES string of the molecule is CC(C)[C@@H]1CC[C@@H](C)C[C@H]1O[C@H]1O[C@H](CO)[C@@H](O)[C@H](O)[C@H]1O. The van der Waals surface area contributed by atoms with Crippen molar-refractivity contribution >= 4 is 0 Å². The van der Waals surface area contributed by atoms with E-state index in [1.165, 1.54) is 0 Å². The van der Waals surface area contributed by atoms with E-state index in [0.29, 0.717) is 17.8 Å². The lowest BCUT2D eigenvalue weighted by Gasteiger charge is -2.44. The molecule has 6 nitrogen and oxygen atoms in total. The van der Waals surface area contributed by atoms with Crippen LogP contribution < -0.4 is 0 Å². The Morgan fingerprint density at radius 3 is 2.36 bits per heavy atom. The Morgan fingerprint density at radius 1 is 1.09 bits per heavy atom. The first-order valence-corrected chi connectivity index (χ1v) is 8.31. The van der Waals surface area contributed by atoms with Gasteiger partial charge < -0.3 is 29.9 Å². The number of hydrogen-bond donors (Lipinski definition) is 4. The van der Waals surface area contributed by atoms with E-state index in [0.717, 1.165) is 19.3 Å². The third-order valence-electron chi connectivity index (χ3n) is 5.12. The monoisotopic (exact) mass is 318 g/mol. The Labute approximate surface area is 132 Å². The Hall–Kier alpha value is -0.240. The molecule has 22 heavy (non-hydrogen) atoms. The average Bonchev–Trinajstić information content (AvgIpc) is 2.47. The Balaban J connectivity index is 2.06. The Kier molecular flexibility index (Phi) is 6.22. The predicted molar refractivity (Wildman–Crippen MR) is 80.0 cm³/mol. The number of aliphatic hydroxyl groups excluding tert-OH is 4. The number of aliphatic hydroxyl groups is 4. The molecule has 2 fully saturated rings. The first-order chi connectivity index (χ1) is 10.3. The summed E-state index contributed by atoms with van der Waals surface area (Å²) in [5.74, 6) is 1.39. The van der Waals surface area contributed by atoms with Crippen LogP contribution in [0.3, 0.4) is 0 Å². The van der Waals surface area contributed by atoms with E-state index in [9.17, 15) is 20.4 Å². The molecule has 0 aromatic heterocycles. The van der Waals surface area contributed by atoms with E-state index in [1.807, 2.05) is 0 Å². The summed E-state index contributed by atoms with van der Waals surface area (Å²) in [4.78, 5) is 0. The van der Waals surface area contributed by atoms with Crippen molar-refractivity contribution in [3.8, 4) is 0 Å². The fourth-order valence-corrected chi connectivity index (χ4v) is 3.62. The van der Waals surface area contributed by atoms with Crippen molar-refractivity contribution in [2.75, 3.05) is 6.61 Å². The molecule has 1 aliphatic heterocycles. The molecule has 0 aromatic carbocycles. The molecule has 0 bridgehead atoms. The molecule has 2 aliphatic rings. The van der Waals surface area contributed by atoms with Gasteiger partial charge in [-0.3, -0.25) is 0 Å². The second-order valence-electron chi connectivity index (χ2n) is 7.20. The van der Waals surface area contributed by atoms with E-state index >= 15 is 0 Å². The van der Waals surface area contributed by atoms with Gasteiger partial charge in [-0.05, 0) is 30.6 Å². The summed E-state index contributed by atoms with van der Waals surface area (Å²) < 4.78 is 11.4. The second kappa shape index (κ2) is 7.55. The molecule has 8 atom stereocenters. The molecule has 4 N–H and O–H groups in total. The van der Waals surface area contributed by atoms with Crippen molar-refractivity contribution < 1.29 is 29.9 Å². The van der Waals surface area contributed by atoms with Crippen molar-refractivity contribution in [2.24, 2.45) is 17.8 Å². The highest BCUT2D eigenvalue weighted by Crippen LogP contribution is 2.37. The van der Waals surface area contributed by atoms with E-state index in [4.69, 9.17) is 9.47 Å². The molecule has 0 radical (unpaired) electrons. The van der Waals surface area contributed by atoms with Gasteiger partial charge in [0.25, 0.3) is 0 Å². The maximum Gasteiger partial charge on any atom is 0.186 e. The van der Waals surface area contributed by atoms with Gasteiger partial charge in [0.1, 0.15) is 24.4 Å². The second-order valence-corrected chi connectivity index (χ2v) is 7.20. The molecule has 1 saturated carbocycles. The van der Waals surface area contributed by atoms with Crippen molar-refractivity contribution in [1.82, 2.24) is 0 Å². The van der Waals surface area contributed by atoms with Crippen molar-refractivity contribution in [2.45, 2.75) is 76.8 Å². The summed E-state index contributed by atoms with van der Waals surface area (Å²) in [5.41, 5.74) is 0. The third kappa shape index (κ3) is 3.80. The Morgan fingerprint density at radius 2 is 1.77 bits per heavy atom. The molecule has 2 rings (SSSR count). The lowest BCUT2D eigenvalue weighted by molar-refractivity contribution is -0.318. The number of ether oxygens (including phenoxy) is 2. The van der Waals surface area contributed by atoms with Gasteiger partial charge in [0.15, 0.2) is 6.29 Å². The maximum absolute atomic E-state index is 10.1. The first kappa shape index (κ1) is 18.1. The topological polar surface area (TPSA) is 99.4 Å². The Bertz CT molecular complexity index is 348. The minimum atomic E-state index is -1.38. The van der Waals surface area contributed by atoms with Crippen LogP contribution in [0, 0.1) is 17.8 Å². The summed E-state index contributed by atoms with van der Waals surface area (Å²) in [6.07, 6.45) is -2.90. The molecule has 0 amide bonds. The van der Waals surface area contributed by atoms with Crippen LogP contribution >= 0.6 is 0 Å². The zero-order valence-electron chi connectivity index (χ0n) is 13.6. The van der Waals surface area contributed by atoms with Crippen LogP contribution in [-0.4, -0.2) is 63.8 Å². The van der Waals surface area contributed by atoms with E-state index < -0.39 is 37.3 Å². The van der Waals surface area contributed by atoms with Gasteiger partial charge in [0.2, 0.25) is 0 Å². The smallest absolute Gasteiger partial charge is 0.186 e. The van der Waals surface area contributed by atoms with Gasteiger partial charge >= 0.3 is 0 Å². The van der Waals surface area contributed by atoms with E-state index in [-0.39, 0.29) is 6.10 Å². The first-order valence-electron chi connectivity index (χ1n) is 8.31. The molecule has 1 aliphatic carbocycles. The lowest BCUT2D eigenvalue weighted by Crippen LogP contribution is -2.60. The molecule has 1 saturated heterocycles. The van der Waals surface area contributed by atoms with Crippen LogP contribution in [0.4, 0.5) is 0 Å². The van der Waals surface area contributed by atoms with E-state index in [2.05, 4.69) is 20.8 Å². The normalized spacial score (nSPS) is 46.9. The maximum atomic E-state index is 10.1. The summed E-state index contributed by atoms with van der Waals surface area (Å²) in [6.45, 7) is 6.06. The molecule has 1 heterocycles. The number of hydrogen-bond acceptors (Lipinski definition) is 6. The zero-order valence-corrected chi connectivity index (χ0v) is 13.6. The zero-order chi connectivity index (χ0) is 16.4. The van der Waals surface area contributed by atoms with Crippen molar-refractivity contribution in [1.29, 1.82) is 0 Å². The van der Waals surface area contributed by atoms with E-state index in [1.54, 1.807) is 0 Å². The highest BCUT2D eigenvalue weighted by molar-refractivity contribution is 4.90. The van der Waals surface area contributed by atoms with Gasteiger partial charge in [0.05, 0.1) is 12.7 Å². The van der Waals surface area contributed by atoms with Crippen LogP contribution in [0.2, 0.25) is 0 Å². The summed E-state index contributed by atoms with van der Waals surface area (Å²) >= 11 is 0. The van der Waals surface area contributed by atoms with Crippen LogP contribution in [0.1, 0.15) is 40.0 Å². The molecular formula is C16H30O6. The summed E-state index contributed by atoms with van der Waals surface area (Å²) in [6, 6.07) is 0. The van der Waals surface area contributed by atoms with Gasteiger partial charge in [0, 0.05) is 0 Å². The molecule has 0 unspecified atom stereocenters. The largest absolute Gasteiger partial charge is 0.394 e. The minimum absolute atomic E-state index is 0.0508. The van der Waals surface area contributed by atoms with Crippen molar-refractivity contribution in [3.05, 3.63) is 0 Å². The third-order valence-corrected chi connectivity index (χ3v) is 5.12. The van der Waals surface area contributed by atoms with Crippen LogP contribution in [0.25, 0.3) is 0 Å². The van der Waals surface area contributed by atoms with Gasteiger partial charge in [-0.25, -0.2) is 0 Å². The van der Waals surface area contributed by atoms with Crippen LogP contribution in [0.5, 0.6) is 0 Å².